The van der Waals surface area contributed by atoms with Gasteiger partial charge >= 0.3 is 5.97 Å². The van der Waals surface area contributed by atoms with E-state index in [2.05, 4.69) is 4.84 Å². The van der Waals surface area contributed by atoms with Crippen molar-refractivity contribution < 1.29 is 27.6 Å². The average Bonchev–Trinajstić information content (AvgIpc) is 2.75. The Morgan fingerprint density at radius 1 is 1.28 bits per heavy atom. The molecule has 2 fully saturated rings. The molecule has 2 aliphatic heterocycles. The van der Waals surface area contributed by atoms with Gasteiger partial charge in [0.15, 0.2) is 9.84 Å². The van der Waals surface area contributed by atoms with Gasteiger partial charge in [0.25, 0.3) is 11.8 Å². The minimum Gasteiger partial charge on any atom is -0.330 e. The van der Waals surface area contributed by atoms with Gasteiger partial charge in [0.1, 0.15) is 0 Å². The van der Waals surface area contributed by atoms with Gasteiger partial charge < -0.3 is 4.84 Å². The number of amides is 2. The zero-order valence-electron chi connectivity index (χ0n) is 9.62. The Morgan fingerprint density at radius 2 is 1.89 bits per heavy atom. The summed E-state index contributed by atoms with van der Waals surface area (Å²) in [6.07, 6.45) is 0.420. The minimum atomic E-state index is -3.05. The normalized spacial score (nSPS) is 26.7. The summed E-state index contributed by atoms with van der Waals surface area (Å²) >= 11 is 0. The van der Waals surface area contributed by atoms with Crippen LogP contribution in [0.2, 0.25) is 0 Å². The Balaban J connectivity index is 1.86. The van der Waals surface area contributed by atoms with Gasteiger partial charge in [0, 0.05) is 12.8 Å². The van der Waals surface area contributed by atoms with Crippen LogP contribution in [-0.4, -0.2) is 42.8 Å². The second-order valence-corrected chi connectivity index (χ2v) is 6.75. The molecule has 7 nitrogen and oxygen atoms in total. The molecular weight excluding hydrogens is 262 g/mol. The van der Waals surface area contributed by atoms with Gasteiger partial charge in [-0.3, -0.25) is 9.59 Å². The molecule has 0 unspecified atom stereocenters. The Kier molecular flexibility index (Phi) is 3.38. The van der Waals surface area contributed by atoms with E-state index in [4.69, 9.17) is 0 Å². The van der Waals surface area contributed by atoms with Crippen LogP contribution in [0.5, 0.6) is 0 Å². The van der Waals surface area contributed by atoms with Gasteiger partial charge in [0.05, 0.1) is 17.9 Å². The van der Waals surface area contributed by atoms with Gasteiger partial charge in [-0.05, 0) is 12.3 Å². The first-order valence-electron chi connectivity index (χ1n) is 5.64. The first-order chi connectivity index (χ1) is 8.37. The number of carbonyl (C=O) groups is 3. The van der Waals surface area contributed by atoms with E-state index in [1.54, 1.807) is 0 Å². The Bertz CT molecular complexity index is 480. The van der Waals surface area contributed by atoms with Gasteiger partial charge in [0.2, 0.25) is 0 Å². The van der Waals surface area contributed by atoms with E-state index < -0.39 is 27.6 Å². The van der Waals surface area contributed by atoms with Crippen LogP contribution in [0.25, 0.3) is 0 Å². The molecule has 100 valence electrons. The van der Waals surface area contributed by atoms with Crippen LogP contribution in [0.3, 0.4) is 0 Å². The first-order valence-corrected chi connectivity index (χ1v) is 7.46. The zero-order valence-corrected chi connectivity index (χ0v) is 10.4. The summed E-state index contributed by atoms with van der Waals surface area (Å²) in [7, 11) is -3.05. The van der Waals surface area contributed by atoms with Gasteiger partial charge in [-0.1, -0.05) is 0 Å². The van der Waals surface area contributed by atoms with Crippen molar-refractivity contribution in [2.45, 2.75) is 25.7 Å². The maximum atomic E-state index is 11.5. The number of hydroxylamine groups is 2. The van der Waals surface area contributed by atoms with Gasteiger partial charge in [-0.2, -0.15) is 0 Å². The van der Waals surface area contributed by atoms with Crippen molar-refractivity contribution >= 4 is 27.6 Å². The fourth-order valence-electron chi connectivity index (χ4n) is 2.07. The lowest BCUT2D eigenvalue weighted by atomic mass is 10.1. The Hall–Kier alpha value is -1.44. The molecule has 2 amide bonds. The summed E-state index contributed by atoms with van der Waals surface area (Å²) in [5.74, 6) is -2.05. The molecule has 2 aliphatic rings. The lowest BCUT2D eigenvalue weighted by molar-refractivity contribution is -0.198. The number of hydrogen-bond acceptors (Lipinski definition) is 6. The Labute approximate surface area is 104 Å². The van der Waals surface area contributed by atoms with Gasteiger partial charge in [-0.25, -0.2) is 13.2 Å². The molecule has 2 saturated heterocycles. The third kappa shape index (κ3) is 2.87. The summed E-state index contributed by atoms with van der Waals surface area (Å²) in [5.41, 5.74) is 0. The lowest BCUT2D eigenvalue weighted by Crippen LogP contribution is -2.32. The predicted octanol–water partition coefficient (Wildman–Crippen LogP) is -0.582. The van der Waals surface area contributed by atoms with Crippen LogP contribution in [0, 0.1) is 5.92 Å². The van der Waals surface area contributed by atoms with E-state index in [0.717, 1.165) is 0 Å². The largest absolute Gasteiger partial charge is 0.333 e. The molecule has 0 N–H and O–H groups in total. The molecule has 0 bridgehead atoms. The maximum Gasteiger partial charge on any atom is 0.333 e. The molecule has 0 aromatic rings. The van der Waals surface area contributed by atoms with E-state index in [1.165, 1.54) is 0 Å². The highest BCUT2D eigenvalue weighted by atomic mass is 32.2. The van der Waals surface area contributed by atoms with Crippen LogP contribution >= 0.6 is 0 Å². The van der Waals surface area contributed by atoms with Crippen molar-refractivity contribution in [1.29, 1.82) is 0 Å². The molecule has 0 aromatic heterocycles. The predicted molar refractivity (Wildman–Crippen MR) is 58.6 cm³/mol. The van der Waals surface area contributed by atoms with Crippen LogP contribution in [0.1, 0.15) is 25.7 Å². The molecule has 1 atom stereocenters. The molecule has 8 heteroatoms. The van der Waals surface area contributed by atoms with Crippen molar-refractivity contribution in [2.75, 3.05) is 11.5 Å². The van der Waals surface area contributed by atoms with E-state index in [9.17, 15) is 22.8 Å². The van der Waals surface area contributed by atoms with Crippen LogP contribution in [0.15, 0.2) is 0 Å². The third-order valence-electron chi connectivity index (χ3n) is 2.98. The molecule has 0 aromatic carbocycles. The highest BCUT2D eigenvalue weighted by molar-refractivity contribution is 7.91. The van der Waals surface area contributed by atoms with Crippen LogP contribution in [-0.2, 0) is 29.1 Å². The first kappa shape index (κ1) is 13.0. The summed E-state index contributed by atoms with van der Waals surface area (Å²) in [6, 6.07) is 0. The fourth-order valence-corrected chi connectivity index (χ4v) is 3.93. The zero-order chi connectivity index (χ0) is 13.3. The highest BCUT2D eigenvalue weighted by Gasteiger charge is 2.35. The fraction of sp³-hybridized carbons (Fsp3) is 0.700. The topological polar surface area (TPSA) is 97.8 Å². The summed E-state index contributed by atoms with van der Waals surface area (Å²) in [5, 5.41) is 0.478. The monoisotopic (exact) mass is 275 g/mol. The van der Waals surface area contributed by atoms with Gasteiger partial charge in [-0.15, -0.1) is 5.06 Å². The third-order valence-corrected chi connectivity index (χ3v) is 4.82. The maximum absolute atomic E-state index is 11.5. The summed E-state index contributed by atoms with van der Waals surface area (Å²) < 4.78 is 22.4. The van der Waals surface area contributed by atoms with Crippen molar-refractivity contribution in [3.05, 3.63) is 0 Å². The lowest BCUT2D eigenvalue weighted by Gasteiger charge is -2.13. The van der Waals surface area contributed by atoms with E-state index >= 15 is 0 Å². The molecule has 0 aliphatic carbocycles. The number of carbonyl (C=O) groups excluding carboxylic acids is 3. The Morgan fingerprint density at radius 3 is 2.39 bits per heavy atom. The molecule has 2 rings (SSSR count). The van der Waals surface area contributed by atoms with Crippen molar-refractivity contribution in [1.82, 2.24) is 5.06 Å². The number of hydrogen-bond donors (Lipinski definition) is 0. The molecule has 0 radical (unpaired) electrons. The van der Waals surface area contributed by atoms with E-state index in [1.807, 2.05) is 0 Å². The van der Waals surface area contributed by atoms with Crippen LogP contribution in [0.4, 0.5) is 0 Å². The summed E-state index contributed by atoms with van der Waals surface area (Å²) in [6.45, 7) is 0. The van der Waals surface area contributed by atoms with E-state index in [-0.39, 0.29) is 36.7 Å². The minimum absolute atomic E-state index is 0.0377. The number of imide groups is 1. The molecular formula is C10H13NO6S. The van der Waals surface area contributed by atoms with E-state index in [0.29, 0.717) is 11.5 Å². The number of rotatable bonds is 3. The second-order valence-electron chi connectivity index (χ2n) is 4.52. The van der Waals surface area contributed by atoms with Crippen molar-refractivity contribution in [3.63, 3.8) is 0 Å². The highest BCUT2D eigenvalue weighted by Crippen LogP contribution is 2.22. The second kappa shape index (κ2) is 4.68. The smallest absolute Gasteiger partial charge is 0.330 e. The number of nitrogens with zero attached hydrogens (tertiary/aromatic N) is 1. The molecule has 0 saturated carbocycles. The quantitative estimate of drug-likeness (QED) is 0.639. The molecule has 18 heavy (non-hydrogen) atoms. The summed E-state index contributed by atoms with van der Waals surface area (Å²) in [4.78, 5) is 38.5. The standard InChI is InChI=1S/C10H13NO6S/c12-8-1-2-9(13)11(8)17-10(14)5-7-3-4-18(15,16)6-7/h7H,1-6H2/t7-/m0/s1. The average molecular weight is 275 g/mol. The number of sulfone groups is 1. The molecule has 2 heterocycles. The molecule has 0 spiro atoms. The van der Waals surface area contributed by atoms with Crippen molar-refractivity contribution in [2.24, 2.45) is 5.92 Å². The SMILES string of the molecule is O=C(C[C@@H]1CCS(=O)(=O)C1)ON1C(=O)CCC1=O. The van der Waals surface area contributed by atoms with Crippen LogP contribution < -0.4 is 0 Å². The van der Waals surface area contributed by atoms with Crippen molar-refractivity contribution in [3.8, 4) is 0 Å².